The maximum Gasteiger partial charge on any atom is 0.251 e. The lowest BCUT2D eigenvalue weighted by Crippen LogP contribution is -2.31. The summed E-state index contributed by atoms with van der Waals surface area (Å²) >= 11 is 0. The van der Waals surface area contributed by atoms with Gasteiger partial charge in [0.1, 0.15) is 17.8 Å². The van der Waals surface area contributed by atoms with Crippen LogP contribution in [0.15, 0.2) is 60.9 Å². The van der Waals surface area contributed by atoms with Gasteiger partial charge >= 0.3 is 0 Å². The molecule has 1 N–H and O–H groups in total. The van der Waals surface area contributed by atoms with Crippen LogP contribution in [0.5, 0.6) is 17.4 Å². The third kappa shape index (κ3) is 4.93. The van der Waals surface area contributed by atoms with Crippen LogP contribution in [0.25, 0.3) is 11.3 Å². The highest BCUT2D eigenvalue weighted by Crippen LogP contribution is 2.26. The van der Waals surface area contributed by atoms with Crippen molar-refractivity contribution >= 4 is 5.91 Å². The van der Waals surface area contributed by atoms with Crippen molar-refractivity contribution in [3.05, 3.63) is 66.5 Å². The zero-order valence-electron chi connectivity index (χ0n) is 16.7. The lowest BCUT2D eigenvalue weighted by atomic mass is 10.1. The number of rotatable bonds is 7. The molecule has 0 unspecified atom stereocenters. The Kier molecular flexibility index (Phi) is 6.20. The number of nitrogens with zero attached hydrogens (tertiary/aromatic N) is 2. The number of amides is 1. The van der Waals surface area contributed by atoms with E-state index in [-0.39, 0.29) is 12.0 Å². The molecule has 1 saturated heterocycles. The molecule has 7 heteroatoms. The molecule has 2 heterocycles. The summed E-state index contributed by atoms with van der Waals surface area (Å²) < 4.78 is 16.6. The van der Waals surface area contributed by atoms with Crippen molar-refractivity contribution in [1.29, 1.82) is 0 Å². The Morgan fingerprint density at radius 2 is 1.97 bits per heavy atom. The molecule has 1 aliphatic heterocycles. The predicted molar refractivity (Wildman–Crippen MR) is 112 cm³/mol. The van der Waals surface area contributed by atoms with Crippen molar-refractivity contribution in [2.24, 2.45) is 0 Å². The van der Waals surface area contributed by atoms with E-state index in [1.807, 2.05) is 30.3 Å². The summed E-state index contributed by atoms with van der Waals surface area (Å²) in [6.07, 6.45) is 3.62. The minimum Gasteiger partial charge on any atom is -0.497 e. The number of nitrogens with one attached hydrogen (secondary N) is 1. The Hall–Kier alpha value is -3.45. The quantitative estimate of drug-likeness (QED) is 0.643. The van der Waals surface area contributed by atoms with E-state index in [1.54, 1.807) is 31.4 Å². The fraction of sp³-hybridized carbons (Fsp3) is 0.261. The maximum absolute atomic E-state index is 12.3. The molecule has 154 valence electrons. The first-order chi connectivity index (χ1) is 14.7. The van der Waals surface area contributed by atoms with Gasteiger partial charge in [-0.1, -0.05) is 18.2 Å². The molecule has 3 aromatic rings. The minimum atomic E-state index is -0.109. The van der Waals surface area contributed by atoms with Crippen LogP contribution >= 0.6 is 0 Å². The van der Waals surface area contributed by atoms with Crippen molar-refractivity contribution in [1.82, 2.24) is 15.3 Å². The van der Waals surface area contributed by atoms with Gasteiger partial charge in [0.15, 0.2) is 0 Å². The zero-order valence-corrected chi connectivity index (χ0v) is 16.7. The fourth-order valence-corrected chi connectivity index (χ4v) is 3.24. The molecule has 1 amide bonds. The average molecular weight is 405 g/mol. The van der Waals surface area contributed by atoms with Crippen LogP contribution in [0, 0.1) is 0 Å². The summed E-state index contributed by atoms with van der Waals surface area (Å²) in [4.78, 5) is 20.8. The highest BCUT2D eigenvalue weighted by Gasteiger charge is 2.16. The Balaban J connectivity index is 1.42. The number of aromatic nitrogens is 2. The molecule has 1 atom stereocenters. The number of methoxy groups -OCH3 is 1. The van der Waals surface area contributed by atoms with Crippen molar-refractivity contribution < 1.29 is 19.0 Å². The van der Waals surface area contributed by atoms with Gasteiger partial charge in [-0.05, 0) is 37.1 Å². The van der Waals surface area contributed by atoms with Gasteiger partial charge < -0.3 is 19.5 Å². The third-order valence-corrected chi connectivity index (χ3v) is 4.86. The first-order valence-electron chi connectivity index (χ1n) is 9.85. The smallest absolute Gasteiger partial charge is 0.251 e. The lowest BCUT2D eigenvalue weighted by Gasteiger charge is -2.11. The van der Waals surface area contributed by atoms with Crippen LogP contribution in [0.2, 0.25) is 0 Å². The Morgan fingerprint density at radius 1 is 1.13 bits per heavy atom. The van der Waals surface area contributed by atoms with E-state index in [0.717, 1.165) is 25.0 Å². The van der Waals surface area contributed by atoms with Gasteiger partial charge in [0.05, 0.1) is 18.9 Å². The molecule has 2 aromatic carbocycles. The van der Waals surface area contributed by atoms with Crippen LogP contribution in [-0.4, -0.2) is 42.2 Å². The second-order valence-corrected chi connectivity index (χ2v) is 6.94. The molecule has 30 heavy (non-hydrogen) atoms. The lowest BCUT2D eigenvalue weighted by molar-refractivity contribution is 0.0858. The molecule has 1 fully saturated rings. The standard InChI is InChI=1S/C23H23N3O4/c1-28-18-4-2-5-19(12-18)30-22-13-21(25-15-26-22)16-7-9-17(10-8-16)23(27)24-14-20-6-3-11-29-20/h2,4-5,7-10,12-13,15,20H,3,6,11,14H2,1H3,(H,24,27)/t20-/m1/s1. The molecule has 0 bridgehead atoms. The van der Waals surface area contributed by atoms with Gasteiger partial charge in [-0.2, -0.15) is 0 Å². The molecule has 0 aliphatic carbocycles. The first-order valence-corrected chi connectivity index (χ1v) is 9.85. The van der Waals surface area contributed by atoms with Crippen LogP contribution < -0.4 is 14.8 Å². The Labute approximate surface area is 175 Å². The number of carbonyl (C=O) groups is 1. The minimum absolute atomic E-state index is 0.109. The first kappa shape index (κ1) is 19.8. The van der Waals surface area contributed by atoms with Gasteiger partial charge in [0.2, 0.25) is 5.88 Å². The van der Waals surface area contributed by atoms with Crippen LogP contribution in [0.1, 0.15) is 23.2 Å². The molecule has 4 rings (SSSR count). The van der Waals surface area contributed by atoms with E-state index in [1.165, 1.54) is 6.33 Å². The Bertz CT molecular complexity index is 1000. The van der Waals surface area contributed by atoms with Gasteiger partial charge in [-0.25, -0.2) is 9.97 Å². The van der Waals surface area contributed by atoms with Gasteiger partial charge in [-0.15, -0.1) is 0 Å². The number of carbonyl (C=O) groups excluding carboxylic acids is 1. The van der Waals surface area contributed by atoms with Crippen LogP contribution in [-0.2, 0) is 4.74 Å². The molecule has 0 saturated carbocycles. The molecular weight excluding hydrogens is 382 g/mol. The molecular formula is C23H23N3O4. The topological polar surface area (TPSA) is 82.6 Å². The third-order valence-electron chi connectivity index (χ3n) is 4.86. The molecule has 1 aliphatic rings. The fourth-order valence-electron chi connectivity index (χ4n) is 3.24. The van der Waals surface area contributed by atoms with Gasteiger partial charge in [0, 0.05) is 36.4 Å². The second kappa shape index (κ2) is 9.37. The van der Waals surface area contributed by atoms with E-state index in [9.17, 15) is 4.79 Å². The van der Waals surface area contributed by atoms with E-state index in [4.69, 9.17) is 14.2 Å². The van der Waals surface area contributed by atoms with Crippen molar-refractivity contribution in [3.63, 3.8) is 0 Å². The Morgan fingerprint density at radius 3 is 2.73 bits per heavy atom. The largest absolute Gasteiger partial charge is 0.497 e. The number of hydrogen-bond acceptors (Lipinski definition) is 6. The zero-order chi connectivity index (χ0) is 20.8. The average Bonchev–Trinajstić information content (AvgIpc) is 3.32. The van der Waals surface area contributed by atoms with E-state index in [2.05, 4.69) is 15.3 Å². The summed E-state index contributed by atoms with van der Waals surface area (Å²) in [5.74, 6) is 1.64. The number of benzene rings is 2. The van der Waals surface area contributed by atoms with E-state index in [0.29, 0.717) is 35.2 Å². The van der Waals surface area contributed by atoms with Crippen LogP contribution in [0.4, 0.5) is 0 Å². The predicted octanol–water partition coefficient (Wildman–Crippen LogP) is 3.85. The number of ether oxygens (including phenoxy) is 3. The second-order valence-electron chi connectivity index (χ2n) is 6.94. The monoisotopic (exact) mass is 405 g/mol. The number of hydrogen-bond donors (Lipinski definition) is 1. The van der Waals surface area contributed by atoms with Crippen molar-refractivity contribution in [2.75, 3.05) is 20.3 Å². The summed E-state index contributed by atoms with van der Waals surface area (Å²) in [5.41, 5.74) is 2.16. The summed E-state index contributed by atoms with van der Waals surface area (Å²) in [6.45, 7) is 1.31. The summed E-state index contributed by atoms with van der Waals surface area (Å²) in [7, 11) is 1.61. The molecule has 0 spiro atoms. The highest BCUT2D eigenvalue weighted by molar-refractivity contribution is 5.94. The van der Waals surface area contributed by atoms with E-state index >= 15 is 0 Å². The SMILES string of the molecule is COc1cccc(Oc2cc(-c3ccc(C(=O)NC[C@H]4CCCO4)cc3)ncn2)c1. The molecule has 0 radical (unpaired) electrons. The summed E-state index contributed by atoms with van der Waals surface area (Å²) in [6, 6.07) is 16.3. The molecule has 7 nitrogen and oxygen atoms in total. The maximum atomic E-state index is 12.3. The van der Waals surface area contributed by atoms with Crippen molar-refractivity contribution in [2.45, 2.75) is 18.9 Å². The molecule has 1 aromatic heterocycles. The van der Waals surface area contributed by atoms with Crippen LogP contribution in [0.3, 0.4) is 0 Å². The van der Waals surface area contributed by atoms with E-state index < -0.39 is 0 Å². The van der Waals surface area contributed by atoms with Gasteiger partial charge in [-0.3, -0.25) is 4.79 Å². The van der Waals surface area contributed by atoms with Gasteiger partial charge in [0.25, 0.3) is 5.91 Å². The summed E-state index contributed by atoms with van der Waals surface area (Å²) in [5, 5.41) is 2.93. The van der Waals surface area contributed by atoms with Crippen molar-refractivity contribution in [3.8, 4) is 28.6 Å². The normalized spacial score (nSPS) is 15.6. The highest BCUT2D eigenvalue weighted by atomic mass is 16.5.